The zero-order valence-electron chi connectivity index (χ0n) is 9.81. The zero-order valence-corrected chi connectivity index (χ0v) is 11.4. The van der Waals surface area contributed by atoms with Gasteiger partial charge in [-0.15, -0.1) is 11.3 Å². The fraction of sp³-hybridized carbons (Fsp3) is 0.0769. The van der Waals surface area contributed by atoms with Gasteiger partial charge in [-0.2, -0.15) is 0 Å². The molecule has 4 nitrogen and oxygen atoms in total. The van der Waals surface area contributed by atoms with Crippen LogP contribution in [0, 0.1) is 0 Å². The van der Waals surface area contributed by atoms with Gasteiger partial charge in [0.25, 0.3) is 0 Å². The molecule has 0 spiro atoms. The van der Waals surface area contributed by atoms with Gasteiger partial charge in [0.1, 0.15) is 5.75 Å². The number of hydrogen-bond donors (Lipinski definition) is 1. The van der Waals surface area contributed by atoms with Crippen molar-refractivity contribution in [3.63, 3.8) is 0 Å². The maximum absolute atomic E-state index is 11.6. The first kappa shape index (κ1) is 12.2. The summed E-state index contributed by atoms with van der Waals surface area (Å²) in [6, 6.07) is 5.31. The maximum atomic E-state index is 11.6. The van der Waals surface area contributed by atoms with Crippen LogP contribution in [0.25, 0.3) is 21.0 Å². The third-order valence-electron chi connectivity index (χ3n) is 2.83. The Kier molecular flexibility index (Phi) is 2.80. The smallest absolute Gasteiger partial charge is 0.351 e. The highest BCUT2D eigenvalue weighted by molar-refractivity contribution is 7.22. The lowest BCUT2D eigenvalue weighted by Crippen LogP contribution is -1.97. The van der Waals surface area contributed by atoms with Crippen LogP contribution in [0.1, 0.15) is 9.67 Å². The first-order valence-electron chi connectivity index (χ1n) is 5.40. The molecule has 0 bridgehead atoms. The first-order valence-corrected chi connectivity index (χ1v) is 6.59. The molecule has 96 valence electrons. The quantitative estimate of drug-likeness (QED) is 0.697. The second-order valence-corrected chi connectivity index (χ2v) is 5.39. The largest absolute Gasteiger partial charge is 0.505 e. The zero-order chi connectivity index (χ0) is 13.6. The third-order valence-corrected chi connectivity index (χ3v) is 4.27. The summed E-state index contributed by atoms with van der Waals surface area (Å²) in [4.78, 5) is 16.0. The normalized spacial score (nSPS) is 11.1. The molecule has 0 radical (unpaired) electrons. The van der Waals surface area contributed by atoms with Crippen molar-refractivity contribution in [1.82, 2.24) is 4.98 Å². The Morgan fingerprint density at radius 3 is 2.95 bits per heavy atom. The van der Waals surface area contributed by atoms with Gasteiger partial charge in [0, 0.05) is 21.3 Å². The summed E-state index contributed by atoms with van der Waals surface area (Å²) in [5.41, 5.74) is 0.720. The number of thiophene rings is 1. The van der Waals surface area contributed by atoms with E-state index < -0.39 is 5.97 Å². The molecule has 0 aliphatic carbocycles. The molecule has 0 aliphatic heterocycles. The van der Waals surface area contributed by atoms with Crippen molar-refractivity contribution >= 4 is 49.9 Å². The highest BCUT2D eigenvalue weighted by atomic mass is 35.5. The number of halogens is 1. The fourth-order valence-corrected chi connectivity index (χ4v) is 3.21. The number of nitrogens with zero attached hydrogens (tertiary/aromatic N) is 1. The number of rotatable bonds is 1. The Morgan fingerprint density at radius 2 is 2.21 bits per heavy atom. The summed E-state index contributed by atoms with van der Waals surface area (Å²) in [7, 11) is 1.28. The summed E-state index contributed by atoms with van der Waals surface area (Å²) >= 11 is 7.10. The summed E-state index contributed by atoms with van der Waals surface area (Å²) in [6.45, 7) is 0. The fourth-order valence-electron chi connectivity index (χ4n) is 1.92. The van der Waals surface area contributed by atoms with Crippen LogP contribution in [0.15, 0.2) is 24.4 Å². The minimum absolute atomic E-state index is 0.0869. The first-order chi connectivity index (χ1) is 9.11. The summed E-state index contributed by atoms with van der Waals surface area (Å²) in [5.74, 6) is -0.642. The van der Waals surface area contributed by atoms with E-state index in [2.05, 4.69) is 9.72 Å². The molecule has 0 fully saturated rings. The Morgan fingerprint density at radius 1 is 1.42 bits per heavy atom. The second-order valence-electron chi connectivity index (χ2n) is 3.93. The monoisotopic (exact) mass is 293 g/mol. The molecule has 0 unspecified atom stereocenters. The minimum Gasteiger partial charge on any atom is -0.505 e. The lowest BCUT2D eigenvalue weighted by Gasteiger charge is -1.99. The van der Waals surface area contributed by atoms with E-state index in [4.69, 9.17) is 11.6 Å². The lowest BCUT2D eigenvalue weighted by atomic mass is 10.2. The average molecular weight is 294 g/mol. The molecule has 0 aliphatic rings. The molecule has 0 amide bonds. The van der Waals surface area contributed by atoms with Gasteiger partial charge in [0.15, 0.2) is 4.88 Å². The van der Waals surface area contributed by atoms with Crippen LogP contribution in [0.3, 0.4) is 0 Å². The highest BCUT2D eigenvalue weighted by Crippen LogP contribution is 2.40. The highest BCUT2D eigenvalue weighted by Gasteiger charge is 2.20. The molecule has 0 atom stereocenters. The van der Waals surface area contributed by atoms with Crippen molar-refractivity contribution in [2.45, 2.75) is 0 Å². The number of fused-ring (bicyclic) bond motifs is 3. The number of hydrogen-bond acceptors (Lipinski definition) is 5. The van der Waals surface area contributed by atoms with E-state index in [1.54, 1.807) is 12.1 Å². The Balaban J connectivity index is 2.40. The van der Waals surface area contributed by atoms with Crippen LogP contribution in [0.5, 0.6) is 5.75 Å². The molecular weight excluding hydrogens is 286 g/mol. The van der Waals surface area contributed by atoms with Crippen LogP contribution in [-0.2, 0) is 4.74 Å². The molecule has 2 aromatic heterocycles. The van der Waals surface area contributed by atoms with Gasteiger partial charge in [-0.1, -0.05) is 11.6 Å². The van der Waals surface area contributed by atoms with Crippen molar-refractivity contribution in [1.29, 1.82) is 0 Å². The van der Waals surface area contributed by atoms with E-state index in [0.717, 1.165) is 15.6 Å². The summed E-state index contributed by atoms with van der Waals surface area (Å²) < 4.78 is 5.44. The Hall–Kier alpha value is -1.85. The third kappa shape index (κ3) is 1.82. The molecule has 0 saturated heterocycles. The van der Waals surface area contributed by atoms with E-state index in [1.807, 2.05) is 6.07 Å². The topological polar surface area (TPSA) is 59.4 Å². The van der Waals surface area contributed by atoms with Crippen molar-refractivity contribution in [3.05, 3.63) is 34.3 Å². The molecule has 6 heteroatoms. The number of methoxy groups -OCH3 is 1. The SMILES string of the molecule is COC(=O)c1sc2c(cnc3cc(Cl)ccc32)c1O. The van der Waals surface area contributed by atoms with Gasteiger partial charge in [0.2, 0.25) is 0 Å². The number of carbonyl (C=O) groups excluding carboxylic acids is 1. The molecular formula is C13H8ClNO3S. The molecule has 3 aromatic rings. The molecule has 1 N–H and O–H groups in total. The van der Waals surface area contributed by atoms with E-state index >= 15 is 0 Å². The summed E-state index contributed by atoms with van der Waals surface area (Å²) in [5, 5.41) is 12.0. The van der Waals surface area contributed by atoms with Gasteiger partial charge >= 0.3 is 5.97 Å². The predicted molar refractivity (Wildman–Crippen MR) is 75.1 cm³/mol. The van der Waals surface area contributed by atoms with Crippen LogP contribution >= 0.6 is 22.9 Å². The average Bonchev–Trinajstić information content (AvgIpc) is 2.75. The van der Waals surface area contributed by atoms with Crippen LogP contribution < -0.4 is 0 Å². The van der Waals surface area contributed by atoms with E-state index in [9.17, 15) is 9.90 Å². The van der Waals surface area contributed by atoms with Gasteiger partial charge in [-0.05, 0) is 18.2 Å². The van der Waals surface area contributed by atoms with Crippen LogP contribution in [-0.4, -0.2) is 23.2 Å². The molecule has 2 heterocycles. The van der Waals surface area contributed by atoms with Crippen LogP contribution in [0.4, 0.5) is 0 Å². The number of aromatic hydroxyl groups is 1. The molecule has 0 saturated carbocycles. The second kappa shape index (κ2) is 4.36. The number of esters is 1. The Bertz CT molecular complexity index is 812. The number of benzene rings is 1. The molecule has 19 heavy (non-hydrogen) atoms. The van der Waals surface area contributed by atoms with Crippen LogP contribution in [0.2, 0.25) is 5.02 Å². The van der Waals surface area contributed by atoms with E-state index in [0.29, 0.717) is 10.4 Å². The molecule has 1 aromatic carbocycles. The van der Waals surface area contributed by atoms with Gasteiger partial charge in [0.05, 0.1) is 18.0 Å². The Labute approximate surface area is 117 Å². The van der Waals surface area contributed by atoms with Crippen molar-refractivity contribution in [2.24, 2.45) is 0 Å². The number of ether oxygens (including phenoxy) is 1. The number of carbonyl (C=O) groups is 1. The van der Waals surface area contributed by atoms with Gasteiger partial charge < -0.3 is 9.84 Å². The lowest BCUT2D eigenvalue weighted by molar-refractivity contribution is 0.0603. The van der Waals surface area contributed by atoms with Crippen molar-refractivity contribution in [2.75, 3.05) is 7.11 Å². The summed E-state index contributed by atoms with van der Waals surface area (Å²) in [6.07, 6.45) is 1.53. The molecule has 3 rings (SSSR count). The standard InChI is InChI=1S/C13H8ClNO3S/c1-18-13(17)12-10(16)8-5-15-9-4-6(14)2-3-7(9)11(8)19-12/h2-5,16H,1H3. The van der Waals surface area contributed by atoms with E-state index in [-0.39, 0.29) is 10.6 Å². The predicted octanol–water partition coefficient (Wildman–Crippen LogP) is 3.60. The van der Waals surface area contributed by atoms with Crippen molar-refractivity contribution < 1.29 is 14.6 Å². The number of pyridine rings is 1. The minimum atomic E-state index is -0.555. The van der Waals surface area contributed by atoms with E-state index in [1.165, 1.54) is 24.6 Å². The van der Waals surface area contributed by atoms with Crippen molar-refractivity contribution in [3.8, 4) is 5.75 Å². The van der Waals surface area contributed by atoms with Gasteiger partial charge in [-0.25, -0.2) is 4.79 Å². The maximum Gasteiger partial charge on any atom is 0.351 e. The van der Waals surface area contributed by atoms with Gasteiger partial charge in [-0.3, -0.25) is 4.98 Å². The number of aromatic nitrogens is 1.